The van der Waals surface area contributed by atoms with Gasteiger partial charge in [0.05, 0.1) is 5.76 Å². The molecule has 0 aliphatic carbocycles. The van der Waals surface area contributed by atoms with E-state index in [2.05, 4.69) is 18.8 Å². The van der Waals surface area contributed by atoms with Gasteiger partial charge in [0.15, 0.2) is 0 Å². The topological polar surface area (TPSA) is 32.3 Å². The molecule has 0 aromatic heterocycles. The zero-order valence-corrected chi connectivity index (χ0v) is 6.48. The smallest absolute Gasteiger partial charge is 0.0910 e. The third-order valence-corrected chi connectivity index (χ3v) is 2.40. The fourth-order valence-corrected chi connectivity index (χ4v) is 1.27. The Morgan fingerprint density at radius 3 is 2.30 bits per heavy atom. The van der Waals surface area contributed by atoms with Crippen LogP contribution in [0.3, 0.4) is 0 Å². The zero-order chi connectivity index (χ0) is 7.61. The highest BCUT2D eigenvalue weighted by Gasteiger charge is 2.29. The van der Waals surface area contributed by atoms with Crippen molar-refractivity contribution in [3.05, 3.63) is 12.3 Å². The highest BCUT2D eigenvalue weighted by molar-refractivity contribution is 5.01. The number of allylic oxidation sites excluding steroid dienone is 1. The van der Waals surface area contributed by atoms with Gasteiger partial charge in [-0.25, -0.2) is 0 Å². The molecular weight excluding hydrogens is 126 g/mol. The van der Waals surface area contributed by atoms with Crippen LogP contribution in [0.4, 0.5) is 0 Å². The van der Waals surface area contributed by atoms with Crippen molar-refractivity contribution in [3.63, 3.8) is 0 Å². The summed E-state index contributed by atoms with van der Waals surface area (Å²) in [7, 11) is 0. The number of rotatable bonds is 1. The molecule has 10 heavy (non-hydrogen) atoms. The summed E-state index contributed by atoms with van der Waals surface area (Å²) in [5, 5.41) is 12.5. The van der Waals surface area contributed by atoms with E-state index in [0.29, 0.717) is 5.76 Å². The molecule has 2 heteroatoms. The van der Waals surface area contributed by atoms with E-state index in [-0.39, 0.29) is 5.41 Å². The highest BCUT2D eigenvalue weighted by atomic mass is 16.3. The quantitative estimate of drug-likeness (QED) is 0.542. The predicted octanol–water partition coefficient (Wildman–Crippen LogP) is 1.45. The number of aliphatic hydroxyl groups is 1. The van der Waals surface area contributed by atoms with E-state index in [1.54, 1.807) is 0 Å². The summed E-state index contributed by atoms with van der Waals surface area (Å²) in [6.45, 7) is 7.64. The molecule has 0 aromatic carbocycles. The summed E-state index contributed by atoms with van der Waals surface area (Å²) in [6, 6.07) is 0. The van der Waals surface area contributed by atoms with Crippen molar-refractivity contribution in [1.82, 2.24) is 5.32 Å². The van der Waals surface area contributed by atoms with Crippen LogP contribution in [-0.2, 0) is 0 Å². The first-order chi connectivity index (χ1) is 4.65. The Kier molecular flexibility index (Phi) is 2.00. The average molecular weight is 141 g/mol. The summed E-state index contributed by atoms with van der Waals surface area (Å²) in [5.41, 5.74) is -0.0226. The summed E-state index contributed by atoms with van der Waals surface area (Å²) in [4.78, 5) is 0. The van der Waals surface area contributed by atoms with Crippen LogP contribution in [-0.4, -0.2) is 18.2 Å². The SMILES string of the molecule is C=C(O)C1(C)CCNCC1. The molecule has 0 aromatic rings. The molecule has 1 fully saturated rings. The highest BCUT2D eigenvalue weighted by Crippen LogP contribution is 2.33. The van der Waals surface area contributed by atoms with Gasteiger partial charge in [-0.2, -0.15) is 0 Å². The molecule has 0 bridgehead atoms. The molecule has 1 rings (SSSR count). The third-order valence-electron chi connectivity index (χ3n) is 2.40. The van der Waals surface area contributed by atoms with Crippen LogP contribution in [0, 0.1) is 5.41 Å². The van der Waals surface area contributed by atoms with E-state index >= 15 is 0 Å². The Bertz CT molecular complexity index is 136. The molecule has 0 atom stereocenters. The summed E-state index contributed by atoms with van der Waals surface area (Å²) >= 11 is 0. The van der Waals surface area contributed by atoms with Gasteiger partial charge in [0, 0.05) is 5.41 Å². The molecule has 0 radical (unpaired) electrons. The van der Waals surface area contributed by atoms with Crippen LogP contribution in [0.5, 0.6) is 0 Å². The van der Waals surface area contributed by atoms with Crippen molar-refractivity contribution in [2.24, 2.45) is 5.41 Å². The molecule has 2 nitrogen and oxygen atoms in total. The lowest BCUT2D eigenvalue weighted by Crippen LogP contribution is -2.35. The number of hydrogen-bond donors (Lipinski definition) is 2. The summed E-state index contributed by atoms with van der Waals surface area (Å²) in [6.07, 6.45) is 2.00. The first-order valence-corrected chi connectivity index (χ1v) is 3.74. The van der Waals surface area contributed by atoms with Gasteiger partial charge in [0.25, 0.3) is 0 Å². The van der Waals surface area contributed by atoms with E-state index in [9.17, 15) is 5.11 Å². The lowest BCUT2D eigenvalue weighted by atomic mass is 9.80. The monoisotopic (exact) mass is 141 g/mol. The van der Waals surface area contributed by atoms with Crippen LogP contribution in [0.2, 0.25) is 0 Å². The Balaban J connectivity index is 2.56. The second-order valence-electron chi connectivity index (χ2n) is 3.26. The molecular formula is C8H15NO. The van der Waals surface area contributed by atoms with Gasteiger partial charge in [-0.1, -0.05) is 13.5 Å². The molecule has 58 valence electrons. The Morgan fingerprint density at radius 1 is 1.50 bits per heavy atom. The van der Waals surface area contributed by atoms with Crippen molar-refractivity contribution in [3.8, 4) is 0 Å². The molecule has 2 N–H and O–H groups in total. The van der Waals surface area contributed by atoms with E-state index in [1.165, 1.54) is 0 Å². The first kappa shape index (κ1) is 7.61. The van der Waals surface area contributed by atoms with E-state index in [4.69, 9.17) is 0 Å². The number of piperidine rings is 1. The maximum absolute atomic E-state index is 9.21. The number of nitrogens with one attached hydrogen (secondary N) is 1. The predicted molar refractivity (Wildman–Crippen MR) is 42.0 cm³/mol. The van der Waals surface area contributed by atoms with Gasteiger partial charge in [0.1, 0.15) is 0 Å². The number of hydrogen-bond acceptors (Lipinski definition) is 2. The van der Waals surface area contributed by atoms with Gasteiger partial charge in [0.2, 0.25) is 0 Å². The minimum Gasteiger partial charge on any atom is -0.512 e. The molecule has 0 amide bonds. The van der Waals surface area contributed by atoms with Crippen molar-refractivity contribution in [2.75, 3.05) is 13.1 Å². The molecule has 0 spiro atoms. The fraction of sp³-hybridized carbons (Fsp3) is 0.750. The first-order valence-electron chi connectivity index (χ1n) is 3.74. The minimum absolute atomic E-state index is 0.0226. The Labute approximate surface area is 61.9 Å². The molecule has 1 heterocycles. The van der Waals surface area contributed by atoms with Crippen LogP contribution in [0.15, 0.2) is 12.3 Å². The van der Waals surface area contributed by atoms with Crippen molar-refractivity contribution in [1.29, 1.82) is 0 Å². The van der Waals surface area contributed by atoms with Gasteiger partial charge >= 0.3 is 0 Å². The molecule has 1 aliphatic heterocycles. The average Bonchev–Trinajstić information content (AvgIpc) is 1.89. The van der Waals surface area contributed by atoms with Gasteiger partial charge < -0.3 is 10.4 Å². The van der Waals surface area contributed by atoms with Crippen molar-refractivity contribution < 1.29 is 5.11 Å². The second-order valence-corrected chi connectivity index (χ2v) is 3.26. The lowest BCUT2D eigenvalue weighted by Gasteiger charge is -2.32. The number of aliphatic hydroxyl groups excluding tert-OH is 1. The van der Waals surface area contributed by atoms with Gasteiger partial charge in [-0.3, -0.25) is 0 Å². The lowest BCUT2D eigenvalue weighted by molar-refractivity contribution is 0.187. The zero-order valence-electron chi connectivity index (χ0n) is 6.48. The van der Waals surface area contributed by atoms with Crippen LogP contribution >= 0.6 is 0 Å². The van der Waals surface area contributed by atoms with Crippen molar-refractivity contribution >= 4 is 0 Å². The van der Waals surface area contributed by atoms with Crippen LogP contribution < -0.4 is 5.32 Å². The maximum atomic E-state index is 9.21. The summed E-state index contributed by atoms with van der Waals surface area (Å²) in [5.74, 6) is 0.342. The molecule has 0 unspecified atom stereocenters. The van der Waals surface area contributed by atoms with Crippen LogP contribution in [0.1, 0.15) is 19.8 Å². The minimum atomic E-state index is -0.0226. The molecule has 0 saturated carbocycles. The second kappa shape index (κ2) is 2.62. The normalized spacial score (nSPS) is 24.1. The van der Waals surface area contributed by atoms with E-state index in [1.807, 2.05) is 0 Å². The largest absolute Gasteiger partial charge is 0.512 e. The fourth-order valence-electron chi connectivity index (χ4n) is 1.27. The van der Waals surface area contributed by atoms with Gasteiger partial charge in [-0.05, 0) is 25.9 Å². The standard InChI is InChI=1S/C8H15NO/c1-7(10)8(2)3-5-9-6-4-8/h9-10H,1,3-6H2,2H3. The Morgan fingerprint density at radius 2 is 2.00 bits per heavy atom. The summed E-state index contributed by atoms with van der Waals surface area (Å²) < 4.78 is 0. The van der Waals surface area contributed by atoms with Crippen LogP contribution in [0.25, 0.3) is 0 Å². The maximum Gasteiger partial charge on any atom is 0.0910 e. The third kappa shape index (κ3) is 1.32. The van der Waals surface area contributed by atoms with E-state index < -0.39 is 0 Å². The Hall–Kier alpha value is -0.500. The molecule has 1 saturated heterocycles. The van der Waals surface area contributed by atoms with E-state index in [0.717, 1.165) is 25.9 Å². The van der Waals surface area contributed by atoms with Crippen molar-refractivity contribution in [2.45, 2.75) is 19.8 Å². The molecule has 1 aliphatic rings. The van der Waals surface area contributed by atoms with Gasteiger partial charge in [-0.15, -0.1) is 0 Å².